The monoisotopic (exact) mass is 269 g/mol. The van der Waals surface area contributed by atoms with Gasteiger partial charge in [0.05, 0.1) is 11.4 Å². The molecule has 2 rings (SSSR count). The fraction of sp³-hybridized carbons (Fsp3) is 0.100. The van der Waals surface area contributed by atoms with E-state index in [0.29, 0.717) is 0 Å². The molecular formula is C10H8BrNOS. The molecule has 2 nitrogen and oxygen atoms in total. The second kappa shape index (κ2) is 3.81. The molecule has 4 heteroatoms. The van der Waals surface area contributed by atoms with E-state index in [-0.39, 0.29) is 12.3 Å². The number of halogens is 1. The summed E-state index contributed by atoms with van der Waals surface area (Å²) in [5, 5.41) is 1.08. The second-order valence-electron chi connectivity index (χ2n) is 2.92. The van der Waals surface area contributed by atoms with E-state index in [1.165, 1.54) is 11.3 Å². The van der Waals surface area contributed by atoms with Gasteiger partial charge in [-0.25, -0.2) is 0 Å². The Kier molecular flexibility index (Phi) is 2.67. The molecule has 0 aliphatic heterocycles. The number of carbonyl (C=O) groups is 1. The number of Topliss-reactive ketones (excluding diaryl/α,β-unsaturated/α-hetero) is 1. The highest BCUT2D eigenvalue weighted by molar-refractivity contribution is 9.10. The van der Waals surface area contributed by atoms with Gasteiger partial charge in [0.2, 0.25) is 0 Å². The van der Waals surface area contributed by atoms with E-state index >= 15 is 0 Å². The van der Waals surface area contributed by atoms with Crippen LogP contribution in [-0.2, 0) is 0 Å². The predicted octanol–water partition coefficient (Wildman–Crippen LogP) is 2.81. The molecule has 1 aromatic carbocycles. The van der Waals surface area contributed by atoms with Crippen LogP contribution in [0.2, 0.25) is 0 Å². The first-order chi connectivity index (χ1) is 6.70. The van der Waals surface area contributed by atoms with Crippen molar-refractivity contribution in [1.82, 2.24) is 0 Å². The summed E-state index contributed by atoms with van der Waals surface area (Å²) < 4.78 is 2.14. The second-order valence-corrected chi connectivity index (χ2v) is 4.92. The maximum Gasteiger partial charge on any atom is 0.186 e. The minimum Gasteiger partial charge on any atom is -0.324 e. The average Bonchev–Trinajstić information content (AvgIpc) is 2.59. The minimum absolute atomic E-state index is 0.00215. The molecule has 0 aliphatic rings. The van der Waals surface area contributed by atoms with Crippen LogP contribution in [0.25, 0.3) is 10.1 Å². The summed E-state index contributed by atoms with van der Waals surface area (Å²) in [5.74, 6) is 0.00215. The van der Waals surface area contributed by atoms with E-state index in [2.05, 4.69) is 15.9 Å². The third-order valence-corrected chi connectivity index (χ3v) is 3.59. The molecule has 72 valence electrons. The van der Waals surface area contributed by atoms with Crippen LogP contribution in [-0.4, -0.2) is 12.3 Å². The molecule has 0 saturated heterocycles. The summed E-state index contributed by atoms with van der Waals surface area (Å²) in [5.41, 5.74) is 5.30. The van der Waals surface area contributed by atoms with E-state index in [9.17, 15) is 4.79 Å². The fourth-order valence-electron chi connectivity index (χ4n) is 1.25. The zero-order valence-corrected chi connectivity index (χ0v) is 9.69. The number of benzene rings is 1. The SMILES string of the molecule is NCC(=O)c1cc2cc(Br)ccc2s1. The van der Waals surface area contributed by atoms with E-state index in [4.69, 9.17) is 5.73 Å². The fourth-order valence-corrected chi connectivity index (χ4v) is 2.62. The van der Waals surface area contributed by atoms with Crippen molar-refractivity contribution in [2.45, 2.75) is 0 Å². The molecule has 0 radical (unpaired) electrons. The smallest absolute Gasteiger partial charge is 0.186 e. The van der Waals surface area contributed by atoms with Crippen LogP contribution < -0.4 is 5.73 Å². The summed E-state index contributed by atoms with van der Waals surface area (Å²) >= 11 is 4.88. The number of rotatable bonds is 2. The Bertz CT molecular complexity index is 492. The highest BCUT2D eigenvalue weighted by Crippen LogP contribution is 2.28. The zero-order valence-electron chi connectivity index (χ0n) is 7.29. The number of fused-ring (bicyclic) bond motifs is 1. The van der Waals surface area contributed by atoms with Gasteiger partial charge in [-0.1, -0.05) is 15.9 Å². The number of hydrogen-bond acceptors (Lipinski definition) is 3. The number of ketones is 1. The molecule has 1 heterocycles. The van der Waals surface area contributed by atoms with Crippen molar-refractivity contribution in [3.63, 3.8) is 0 Å². The Morgan fingerprint density at radius 1 is 1.43 bits per heavy atom. The molecule has 2 aromatic rings. The number of carbonyl (C=O) groups excluding carboxylic acids is 1. The number of nitrogens with two attached hydrogens (primary N) is 1. The molecule has 2 N–H and O–H groups in total. The van der Waals surface area contributed by atoms with Crippen LogP contribution >= 0.6 is 27.3 Å². The van der Waals surface area contributed by atoms with Crippen LogP contribution in [0.3, 0.4) is 0 Å². The van der Waals surface area contributed by atoms with Crippen LogP contribution in [0.5, 0.6) is 0 Å². The van der Waals surface area contributed by atoms with Gasteiger partial charge in [-0.15, -0.1) is 11.3 Å². The van der Waals surface area contributed by atoms with Gasteiger partial charge in [0.1, 0.15) is 0 Å². The Hall–Kier alpha value is -0.710. The molecular weight excluding hydrogens is 262 g/mol. The molecule has 0 atom stereocenters. The summed E-state index contributed by atoms with van der Waals surface area (Å²) in [6.45, 7) is 0.0774. The lowest BCUT2D eigenvalue weighted by Gasteiger charge is -1.88. The highest BCUT2D eigenvalue weighted by atomic mass is 79.9. The highest BCUT2D eigenvalue weighted by Gasteiger charge is 2.08. The molecule has 0 aliphatic carbocycles. The van der Waals surface area contributed by atoms with Gasteiger partial charge in [-0.2, -0.15) is 0 Å². The predicted molar refractivity (Wildman–Crippen MR) is 62.9 cm³/mol. The molecule has 0 spiro atoms. The Labute approximate surface area is 93.9 Å². The van der Waals surface area contributed by atoms with E-state index < -0.39 is 0 Å². The molecule has 0 fully saturated rings. The van der Waals surface area contributed by atoms with E-state index in [1.54, 1.807) is 0 Å². The van der Waals surface area contributed by atoms with Crippen molar-refractivity contribution >= 4 is 43.1 Å². The van der Waals surface area contributed by atoms with Crippen LogP contribution in [0.4, 0.5) is 0 Å². The Morgan fingerprint density at radius 2 is 2.21 bits per heavy atom. The zero-order chi connectivity index (χ0) is 10.1. The van der Waals surface area contributed by atoms with Crippen molar-refractivity contribution < 1.29 is 4.79 Å². The summed E-state index contributed by atoms with van der Waals surface area (Å²) in [6.07, 6.45) is 0. The van der Waals surface area contributed by atoms with Crippen molar-refractivity contribution in [1.29, 1.82) is 0 Å². The average molecular weight is 270 g/mol. The van der Waals surface area contributed by atoms with Gasteiger partial charge in [0.25, 0.3) is 0 Å². The summed E-state index contributed by atoms with van der Waals surface area (Å²) in [6, 6.07) is 7.85. The Morgan fingerprint density at radius 3 is 2.93 bits per heavy atom. The summed E-state index contributed by atoms with van der Waals surface area (Å²) in [4.78, 5) is 12.1. The van der Waals surface area contributed by atoms with Gasteiger partial charge >= 0.3 is 0 Å². The van der Waals surface area contributed by atoms with Crippen molar-refractivity contribution in [3.05, 3.63) is 33.6 Å². The topological polar surface area (TPSA) is 43.1 Å². The molecule has 14 heavy (non-hydrogen) atoms. The maximum absolute atomic E-state index is 11.3. The van der Waals surface area contributed by atoms with Crippen LogP contribution in [0, 0.1) is 0 Å². The molecule has 0 saturated carbocycles. The van der Waals surface area contributed by atoms with Gasteiger partial charge in [-0.05, 0) is 29.7 Å². The normalized spacial score (nSPS) is 10.7. The maximum atomic E-state index is 11.3. The van der Waals surface area contributed by atoms with Crippen molar-refractivity contribution in [2.75, 3.05) is 6.54 Å². The molecule has 0 unspecified atom stereocenters. The van der Waals surface area contributed by atoms with E-state index in [0.717, 1.165) is 19.4 Å². The van der Waals surface area contributed by atoms with Gasteiger partial charge in [0, 0.05) is 9.17 Å². The number of thiophene rings is 1. The molecule has 0 amide bonds. The quantitative estimate of drug-likeness (QED) is 0.853. The first-order valence-corrected chi connectivity index (χ1v) is 5.74. The lowest BCUT2D eigenvalue weighted by atomic mass is 10.2. The summed E-state index contributed by atoms with van der Waals surface area (Å²) in [7, 11) is 0. The standard InChI is InChI=1S/C10H8BrNOS/c11-7-1-2-9-6(3-7)4-10(14-9)8(13)5-12/h1-4H,5,12H2. The Balaban J connectivity index is 2.56. The van der Waals surface area contributed by atoms with E-state index in [1.807, 2.05) is 24.3 Å². The first-order valence-electron chi connectivity index (χ1n) is 4.13. The minimum atomic E-state index is 0.00215. The largest absolute Gasteiger partial charge is 0.324 e. The van der Waals surface area contributed by atoms with Gasteiger partial charge in [-0.3, -0.25) is 4.79 Å². The number of hydrogen-bond donors (Lipinski definition) is 1. The third kappa shape index (κ3) is 1.73. The van der Waals surface area contributed by atoms with Crippen LogP contribution in [0.15, 0.2) is 28.7 Å². The van der Waals surface area contributed by atoms with Crippen LogP contribution in [0.1, 0.15) is 9.67 Å². The van der Waals surface area contributed by atoms with Crippen molar-refractivity contribution in [3.8, 4) is 0 Å². The van der Waals surface area contributed by atoms with Gasteiger partial charge in [0.15, 0.2) is 5.78 Å². The van der Waals surface area contributed by atoms with Gasteiger partial charge < -0.3 is 5.73 Å². The molecule has 1 aromatic heterocycles. The third-order valence-electron chi connectivity index (χ3n) is 1.94. The lowest BCUT2D eigenvalue weighted by molar-refractivity contribution is 0.101. The molecule has 0 bridgehead atoms. The van der Waals surface area contributed by atoms with Crippen molar-refractivity contribution in [2.24, 2.45) is 5.73 Å². The first kappa shape index (κ1) is 9.83. The lowest BCUT2D eigenvalue weighted by Crippen LogP contribution is -2.11.